The standard InChI is InChI=1S/C24H13N3O/c1-2-11-26-17(7-1)15-5-3-8-18-21(15)24(26)22-19(28-18)10-9-14-13-25-16-6-4-12-27(24)23(16)20(14)22/h1-13H/q+2. The number of fused-ring (bicyclic) bond motifs is 2. The zero-order valence-electron chi connectivity index (χ0n) is 14.8. The van der Waals surface area contributed by atoms with E-state index in [-0.39, 0.29) is 0 Å². The maximum atomic E-state index is 6.46. The second kappa shape index (κ2) is 4.04. The molecule has 0 saturated carbocycles. The fourth-order valence-corrected chi connectivity index (χ4v) is 5.63. The molecule has 3 aliphatic rings. The van der Waals surface area contributed by atoms with Gasteiger partial charge in [0.15, 0.2) is 23.5 Å². The van der Waals surface area contributed by atoms with Crippen LogP contribution in [0.15, 0.2) is 79.3 Å². The van der Waals surface area contributed by atoms with Gasteiger partial charge in [-0.05, 0) is 36.4 Å². The third-order valence-corrected chi connectivity index (χ3v) is 6.53. The molecule has 4 heteroatoms. The Morgan fingerprint density at radius 2 is 1.71 bits per heavy atom. The smallest absolute Gasteiger partial charge is 0.425 e. The van der Waals surface area contributed by atoms with Crippen LogP contribution in [0.25, 0.3) is 33.1 Å². The summed E-state index contributed by atoms with van der Waals surface area (Å²) in [6.45, 7) is 0. The van der Waals surface area contributed by atoms with Crippen LogP contribution in [0.4, 0.5) is 0 Å². The number of pyridine rings is 3. The normalized spacial score (nSPS) is 19.1. The van der Waals surface area contributed by atoms with Crippen LogP contribution in [0.1, 0.15) is 11.1 Å². The first-order chi connectivity index (χ1) is 13.9. The Balaban J connectivity index is 1.76. The molecular weight excluding hydrogens is 346 g/mol. The predicted molar refractivity (Wildman–Crippen MR) is 103 cm³/mol. The van der Waals surface area contributed by atoms with Gasteiger partial charge in [-0.1, -0.05) is 6.07 Å². The van der Waals surface area contributed by atoms with Crippen molar-refractivity contribution < 1.29 is 13.9 Å². The van der Waals surface area contributed by atoms with E-state index in [1.165, 1.54) is 33.3 Å². The first-order valence-corrected chi connectivity index (χ1v) is 9.49. The summed E-state index contributed by atoms with van der Waals surface area (Å²) in [5.74, 6) is 1.86. The van der Waals surface area contributed by atoms with E-state index in [0.717, 1.165) is 22.4 Å². The van der Waals surface area contributed by atoms with Gasteiger partial charge in [-0.25, -0.2) is 4.98 Å². The Hall–Kier alpha value is -3.79. The number of aromatic nitrogens is 3. The molecule has 6 heterocycles. The Bertz CT molecular complexity index is 1560. The van der Waals surface area contributed by atoms with E-state index >= 15 is 0 Å². The number of hydrogen-bond donors (Lipinski definition) is 0. The van der Waals surface area contributed by atoms with Crippen LogP contribution in [-0.4, -0.2) is 4.98 Å². The Morgan fingerprint density at radius 3 is 2.71 bits per heavy atom. The summed E-state index contributed by atoms with van der Waals surface area (Å²) in [5, 5.41) is 2.39. The molecule has 0 N–H and O–H groups in total. The molecule has 5 aromatic rings. The second-order valence-corrected chi connectivity index (χ2v) is 7.68. The SMILES string of the molecule is c1cc2c3c(c1)-c1cccc[n+]1C31c3c(ccc4cnc5ccc[n+]1c5c34)O2. The highest BCUT2D eigenvalue weighted by Crippen LogP contribution is 2.56. The number of nitrogens with zero attached hydrogens (tertiary/aromatic N) is 3. The summed E-state index contributed by atoms with van der Waals surface area (Å²) < 4.78 is 11.3. The highest BCUT2D eigenvalue weighted by molar-refractivity contribution is 6.07. The lowest BCUT2D eigenvalue weighted by Crippen LogP contribution is -2.71. The fraction of sp³-hybridized carbons (Fsp3) is 0.0417. The first kappa shape index (κ1) is 13.4. The van der Waals surface area contributed by atoms with Crippen molar-refractivity contribution in [2.24, 2.45) is 0 Å². The van der Waals surface area contributed by atoms with Crippen LogP contribution in [-0.2, 0) is 5.66 Å². The quantitative estimate of drug-likeness (QED) is 0.306. The minimum atomic E-state index is -0.472. The van der Waals surface area contributed by atoms with Crippen molar-refractivity contribution in [3.05, 3.63) is 90.4 Å². The Morgan fingerprint density at radius 1 is 0.786 bits per heavy atom. The molecule has 1 spiro atoms. The summed E-state index contributed by atoms with van der Waals surface area (Å²) >= 11 is 0. The van der Waals surface area contributed by atoms with Gasteiger partial charge in [0.25, 0.3) is 0 Å². The van der Waals surface area contributed by atoms with E-state index in [1.54, 1.807) is 0 Å². The van der Waals surface area contributed by atoms with E-state index in [1.807, 2.05) is 6.20 Å². The van der Waals surface area contributed by atoms with Crippen LogP contribution in [0, 0.1) is 0 Å². The molecule has 128 valence electrons. The molecule has 0 saturated heterocycles. The molecule has 1 unspecified atom stereocenters. The van der Waals surface area contributed by atoms with Crippen molar-refractivity contribution in [2.75, 3.05) is 0 Å². The van der Waals surface area contributed by atoms with Gasteiger partial charge >= 0.3 is 5.66 Å². The molecule has 0 bridgehead atoms. The maximum absolute atomic E-state index is 6.46. The van der Waals surface area contributed by atoms with Gasteiger partial charge < -0.3 is 4.74 Å². The van der Waals surface area contributed by atoms with Crippen LogP contribution in [0.5, 0.6) is 11.5 Å². The Kier molecular flexibility index (Phi) is 1.93. The van der Waals surface area contributed by atoms with Gasteiger partial charge in [-0.15, -0.1) is 9.13 Å². The molecule has 4 nitrogen and oxygen atoms in total. The molecule has 3 aliphatic heterocycles. The monoisotopic (exact) mass is 359 g/mol. The third kappa shape index (κ3) is 1.15. The Labute approximate surface area is 159 Å². The summed E-state index contributed by atoms with van der Waals surface area (Å²) in [6.07, 6.45) is 6.36. The van der Waals surface area contributed by atoms with Crippen molar-refractivity contribution in [1.82, 2.24) is 4.98 Å². The van der Waals surface area contributed by atoms with Crippen LogP contribution < -0.4 is 13.9 Å². The zero-order valence-corrected chi connectivity index (χ0v) is 14.8. The number of ether oxygens (including phenoxy) is 1. The summed E-state index contributed by atoms with van der Waals surface area (Å²) in [7, 11) is 0. The van der Waals surface area contributed by atoms with E-state index in [4.69, 9.17) is 9.72 Å². The molecule has 28 heavy (non-hydrogen) atoms. The highest BCUT2D eigenvalue weighted by atomic mass is 16.5. The third-order valence-electron chi connectivity index (χ3n) is 6.53. The number of rotatable bonds is 0. The van der Waals surface area contributed by atoms with Crippen LogP contribution >= 0.6 is 0 Å². The van der Waals surface area contributed by atoms with Gasteiger partial charge in [0.05, 0.1) is 10.9 Å². The lowest BCUT2D eigenvalue weighted by atomic mass is 9.86. The lowest BCUT2D eigenvalue weighted by molar-refractivity contribution is -0.950. The van der Waals surface area contributed by atoms with Gasteiger partial charge in [0.1, 0.15) is 17.0 Å². The van der Waals surface area contributed by atoms with Crippen LogP contribution in [0.3, 0.4) is 0 Å². The molecule has 1 atom stereocenters. The zero-order chi connectivity index (χ0) is 18.0. The van der Waals surface area contributed by atoms with Gasteiger partial charge in [-0.3, -0.25) is 0 Å². The van der Waals surface area contributed by atoms with Crippen molar-refractivity contribution in [2.45, 2.75) is 5.66 Å². The van der Waals surface area contributed by atoms with Gasteiger partial charge in [0.2, 0.25) is 11.2 Å². The molecular formula is C24H13N3O+2. The molecule has 0 amide bonds. The summed E-state index contributed by atoms with van der Waals surface area (Å²) in [4.78, 5) is 4.75. The topological polar surface area (TPSA) is 29.9 Å². The molecule has 0 fully saturated rings. The number of benzene rings is 2. The van der Waals surface area contributed by atoms with Crippen molar-refractivity contribution in [1.29, 1.82) is 0 Å². The lowest BCUT2D eigenvalue weighted by Gasteiger charge is -2.25. The average Bonchev–Trinajstić information content (AvgIpc) is 3.24. The summed E-state index contributed by atoms with van der Waals surface area (Å²) in [6, 6.07) is 21.2. The number of hydrogen-bond acceptors (Lipinski definition) is 2. The van der Waals surface area contributed by atoms with E-state index in [9.17, 15) is 0 Å². The molecule has 0 radical (unpaired) electrons. The van der Waals surface area contributed by atoms with Gasteiger partial charge in [-0.2, -0.15) is 0 Å². The molecule has 0 aliphatic carbocycles. The van der Waals surface area contributed by atoms with Gasteiger partial charge in [0, 0.05) is 29.8 Å². The van der Waals surface area contributed by atoms with Crippen molar-refractivity contribution >= 4 is 21.8 Å². The average molecular weight is 359 g/mol. The van der Waals surface area contributed by atoms with Crippen LogP contribution in [0.2, 0.25) is 0 Å². The first-order valence-electron chi connectivity index (χ1n) is 9.49. The molecule has 2 aromatic carbocycles. The largest absolute Gasteiger partial charge is 0.456 e. The maximum Gasteiger partial charge on any atom is 0.425 e. The second-order valence-electron chi connectivity index (χ2n) is 7.68. The van der Waals surface area contributed by atoms with Crippen molar-refractivity contribution in [3.8, 4) is 22.8 Å². The van der Waals surface area contributed by atoms with E-state index in [2.05, 4.69) is 82.2 Å². The van der Waals surface area contributed by atoms with E-state index in [0.29, 0.717) is 0 Å². The van der Waals surface area contributed by atoms with Crippen molar-refractivity contribution in [3.63, 3.8) is 0 Å². The minimum absolute atomic E-state index is 0.472. The van der Waals surface area contributed by atoms with E-state index < -0.39 is 5.66 Å². The molecule has 3 aromatic heterocycles. The predicted octanol–water partition coefficient (Wildman–Crippen LogP) is 3.66. The fourth-order valence-electron chi connectivity index (χ4n) is 5.63. The highest BCUT2D eigenvalue weighted by Gasteiger charge is 2.70. The summed E-state index contributed by atoms with van der Waals surface area (Å²) in [5.41, 5.74) is 6.58. The molecule has 8 rings (SSSR count). The minimum Gasteiger partial charge on any atom is -0.456 e.